The molecule has 0 heterocycles. The number of anilines is 1. The Kier molecular flexibility index (Phi) is 17.3. The fourth-order valence-corrected chi connectivity index (χ4v) is 4.69. The molecule has 0 fully saturated rings. The average molecular weight is 688 g/mol. The maximum absolute atomic E-state index is 12.7. The Morgan fingerprint density at radius 1 is 0.886 bits per heavy atom. The van der Waals surface area contributed by atoms with E-state index in [0.29, 0.717) is 5.56 Å². The van der Waals surface area contributed by atoms with Crippen molar-refractivity contribution >= 4 is 64.6 Å². The minimum absolute atomic E-state index is 0. The number of carbonyl (C=O) groups excluding carboxylic acids is 1. The molecular weight excluding hydrogens is 671 g/mol. The third-order valence-electron chi connectivity index (χ3n) is 5.18. The molecule has 14 nitrogen and oxygen atoms in total. The molecule has 4 aromatic rings. The molecule has 1 amide bonds. The maximum Gasteiger partial charge on any atom is 1.00 e. The molecular formula is C24H16N3Na3O11S3. The normalized spacial score (nSPS) is 10.8. The van der Waals surface area contributed by atoms with E-state index >= 15 is 0 Å². The van der Waals surface area contributed by atoms with Crippen molar-refractivity contribution in [2.24, 2.45) is 10.2 Å². The number of aromatic hydroxyl groups is 1. The summed E-state index contributed by atoms with van der Waals surface area (Å²) in [5.41, 5.74) is -0.0777. The number of fused-ring (bicyclic) bond motifs is 1. The Balaban J connectivity index is 0.00000249. The summed E-state index contributed by atoms with van der Waals surface area (Å²) in [5, 5.41) is 20.9. The van der Waals surface area contributed by atoms with Gasteiger partial charge in [-0.15, -0.1) is 18.0 Å². The first-order chi connectivity index (χ1) is 19.1. The zero-order valence-electron chi connectivity index (χ0n) is 23.5. The summed E-state index contributed by atoms with van der Waals surface area (Å²) in [6.07, 6.45) is 0. The molecule has 20 heteroatoms. The maximum atomic E-state index is 12.7. The van der Waals surface area contributed by atoms with E-state index in [2.05, 4.69) is 21.6 Å². The Bertz CT molecular complexity index is 2020. The largest absolute Gasteiger partial charge is 1.00 e. The molecule has 0 aliphatic rings. The minimum atomic E-state index is -4.93. The molecule has 0 atom stereocenters. The molecule has 0 saturated heterocycles. The molecule has 0 aromatic heterocycles. The van der Waals surface area contributed by atoms with E-state index in [4.69, 9.17) is 12.6 Å². The minimum Gasteiger partial charge on any atom is -0.744 e. The molecule has 0 aliphatic carbocycles. The molecule has 0 saturated carbocycles. The third kappa shape index (κ3) is 11.7. The van der Waals surface area contributed by atoms with E-state index in [1.165, 1.54) is 30.3 Å². The molecule has 4 aromatic carbocycles. The zero-order valence-corrected chi connectivity index (χ0v) is 31.9. The molecule has 2 N–H and O–H groups in total. The molecule has 214 valence electrons. The fourth-order valence-electron chi connectivity index (χ4n) is 3.46. The number of benzene rings is 4. The predicted molar refractivity (Wildman–Crippen MR) is 140 cm³/mol. The van der Waals surface area contributed by atoms with Gasteiger partial charge in [-0.1, -0.05) is 35.7 Å². The predicted octanol–water partition coefficient (Wildman–Crippen LogP) is -5.86. The Morgan fingerprint density at radius 3 is 2.02 bits per heavy atom. The number of nitrogens with zero attached hydrogens (tertiary/aromatic N) is 2. The first-order valence-electron chi connectivity index (χ1n) is 10.9. The standard InChI is InChI=1S/C24H18N3O8S2.3Na.O3S/c1-14-7-9-18(21(11-14)37(33,34)35)26-27-19-10-8-16-12-17(36(30,31)32)13-20(22(16)23(19)28)25-24(29)15-5-3-2-4-6-15;;;;1-4(2)3/h2-9,11-13,28H,1H3,(H,25,29)(H,30,31,32)(H,33,34,35);;;;/q-1;3*+1;/p-2. The van der Waals surface area contributed by atoms with E-state index in [0.717, 1.165) is 18.2 Å². The van der Waals surface area contributed by atoms with Crippen LogP contribution in [0.15, 0.2) is 86.7 Å². The number of nitrogens with one attached hydrogen (secondary N) is 1. The third-order valence-corrected chi connectivity index (χ3v) is 6.86. The fraction of sp³-hybridized carbons (Fsp3) is 0.0417. The van der Waals surface area contributed by atoms with Gasteiger partial charge in [-0.3, -0.25) is 4.79 Å². The van der Waals surface area contributed by atoms with Crippen LogP contribution in [0.4, 0.5) is 17.1 Å². The number of phenolic OH excluding ortho intramolecular Hbond substituents is 1. The van der Waals surface area contributed by atoms with Crippen LogP contribution >= 0.6 is 0 Å². The van der Waals surface area contributed by atoms with Gasteiger partial charge in [0.25, 0.3) is 5.91 Å². The zero-order chi connectivity index (χ0) is 30.5. The number of amides is 1. The summed E-state index contributed by atoms with van der Waals surface area (Å²) in [5.74, 6) is -1.25. The monoisotopic (exact) mass is 687 g/mol. The molecule has 0 radical (unpaired) electrons. The van der Waals surface area contributed by atoms with Crippen molar-refractivity contribution in [2.45, 2.75) is 16.7 Å². The quantitative estimate of drug-likeness (QED) is 0.0837. The van der Waals surface area contributed by atoms with Gasteiger partial charge in [0.15, 0.2) is 0 Å². The SMILES string of the molecule is Cc1ccc(N=Nc2[c-]cc3cc(S(=O)(=O)[O-])cc(NC(=O)c4ccccc4)c3c2O)c(S(=O)(=O)[O-])c1.O=S(=O)=O.[Na+].[Na+].[Na+]. The van der Waals surface area contributed by atoms with E-state index < -0.39 is 52.3 Å². The number of azo groups is 1. The van der Waals surface area contributed by atoms with Crippen molar-refractivity contribution in [1.29, 1.82) is 0 Å². The Labute approximate surface area is 319 Å². The average Bonchev–Trinajstić information content (AvgIpc) is 2.87. The summed E-state index contributed by atoms with van der Waals surface area (Å²) < 4.78 is 95.2. The van der Waals surface area contributed by atoms with E-state index in [9.17, 15) is 35.8 Å². The Morgan fingerprint density at radius 2 is 1.48 bits per heavy atom. The van der Waals surface area contributed by atoms with Gasteiger partial charge in [-0.2, -0.15) is 22.4 Å². The molecule has 4 rings (SSSR count). The number of carbonyl (C=O) groups is 1. The van der Waals surface area contributed by atoms with E-state index in [1.807, 2.05) is 0 Å². The summed E-state index contributed by atoms with van der Waals surface area (Å²) in [6.45, 7) is 1.58. The molecule has 0 aliphatic heterocycles. The van der Waals surface area contributed by atoms with Gasteiger partial charge in [-0.25, -0.2) is 16.8 Å². The van der Waals surface area contributed by atoms with Crippen LogP contribution in [0.2, 0.25) is 0 Å². The van der Waals surface area contributed by atoms with Gasteiger partial charge in [0.2, 0.25) is 0 Å². The van der Waals surface area contributed by atoms with Crippen molar-refractivity contribution < 1.29 is 137 Å². The second-order valence-electron chi connectivity index (χ2n) is 8.02. The van der Waals surface area contributed by atoms with Crippen LogP contribution < -0.4 is 94.0 Å². The van der Waals surface area contributed by atoms with Gasteiger partial charge < -0.3 is 19.5 Å². The van der Waals surface area contributed by atoms with Crippen molar-refractivity contribution in [1.82, 2.24) is 0 Å². The smallest absolute Gasteiger partial charge is 0.744 e. The number of rotatable bonds is 6. The van der Waals surface area contributed by atoms with Gasteiger partial charge in [0, 0.05) is 27.6 Å². The van der Waals surface area contributed by atoms with Crippen LogP contribution in [0.3, 0.4) is 0 Å². The summed E-state index contributed by atoms with van der Waals surface area (Å²) in [6, 6.07) is 17.5. The Hall–Kier alpha value is -1.55. The van der Waals surface area contributed by atoms with Gasteiger partial charge in [-0.05, 0) is 42.8 Å². The van der Waals surface area contributed by atoms with Crippen LogP contribution in [0.1, 0.15) is 15.9 Å². The second kappa shape index (κ2) is 18.0. The van der Waals surface area contributed by atoms with E-state index in [1.54, 1.807) is 25.1 Å². The number of aryl methyl sites for hydroxylation is 1. The first-order valence-corrected chi connectivity index (χ1v) is 14.7. The first kappa shape index (κ1) is 42.5. The van der Waals surface area contributed by atoms with Crippen LogP contribution in [0.5, 0.6) is 5.75 Å². The number of hydrogen-bond acceptors (Lipinski definition) is 13. The molecule has 0 spiro atoms. The number of hydrogen-bond donors (Lipinski definition) is 2. The van der Waals surface area contributed by atoms with Crippen molar-refractivity contribution in [2.75, 3.05) is 5.32 Å². The molecule has 0 bridgehead atoms. The van der Waals surface area contributed by atoms with Crippen LogP contribution in [-0.4, -0.2) is 49.6 Å². The van der Waals surface area contributed by atoms with E-state index in [-0.39, 0.29) is 122 Å². The van der Waals surface area contributed by atoms with Crippen molar-refractivity contribution in [3.63, 3.8) is 0 Å². The molecule has 44 heavy (non-hydrogen) atoms. The summed E-state index contributed by atoms with van der Waals surface area (Å²) >= 11 is 0. The molecule has 0 unspecified atom stereocenters. The van der Waals surface area contributed by atoms with Crippen LogP contribution in [0.25, 0.3) is 10.8 Å². The van der Waals surface area contributed by atoms with Crippen molar-refractivity contribution in [3.05, 3.63) is 83.9 Å². The van der Waals surface area contributed by atoms with Gasteiger partial charge in [0.05, 0.1) is 4.90 Å². The number of phenols is 1. The van der Waals surface area contributed by atoms with Crippen LogP contribution in [0, 0.1) is 13.0 Å². The summed E-state index contributed by atoms with van der Waals surface area (Å²) in [7, 11) is -12.9. The van der Waals surface area contributed by atoms with Crippen LogP contribution in [-0.2, 0) is 30.8 Å². The summed E-state index contributed by atoms with van der Waals surface area (Å²) in [4.78, 5) is 11.5. The topological polar surface area (TPSA) is 240 Å². The van der Waals surface area contributed by atoms with Crippen molar-refractivity contribution in [3.8, 4) is 5.75 Å². The second-order valence-corrected chi connectivity index (χ2v) is 11.2. The van der Waals surface area contributed by atoms with Gasteiger partial charge in [0.1, 0.15) is 25.9 Å². The van der Waals surface area contributed by atoms with Gasteiger partial charge >= 0.3 is 99.3 Å².